The summed E-state index contributed by atoms with van der Waals surface area (Å²) in [6.45, 7) is 3.47. The fourth-order valence-electron chi connectivity index (χ4n) is 1.55. The molecule has 0 fully saturated rings. The van der Waals surface area contributed by atoms with Crippen molar-refractivity contribution in [1.82, 2.24) is 0 Å². The van der Waals surface area contributed by atoms with Crippen LogP contribution in [0.1, 0.15) is 19.8 Å². The van der Waals surface area contributed by atoms with E-state index in [1.54, 1.807) is 0 Å². The predicted octanol–water partition coefficient (Wildman–Crippen LogP) is 0.458. The molecule has 0 aliphatic heterocycles. The number of hydrogen-bond donors (Lipinski definition) is 2. The van der Waals surface area contributed by atoms with Gasteiger partial charge < -0.3 is 10.2 Å². The van der Waals surface area contributed by atoms with Crippen molar-refractivity contribution in [1.29, 1.82) is 0 Å². The van der Waals surface area contributed by atoms with Gasteiger partial charge in [-0.2, -0.15) is 0 Å². The van der Waals surface area contributed by atoms with Crippen molar-refractivity contribution in [3.8, 4) is 0 Å². The molecule has 0 saturated carbocycles. The van der Waals surface area contributed by atoms with Crippen LogP contribution in [0.3, 0.4) is 0 Å². The minimum Gasteiger partial charge on any atom is -0.316 e. The van der Waals surface area contributed by atoms with Crippen molar-refractivity contribution in [2.75, 3.05) is 20.6 Å². The van der Waals surface area contributed by atoms with Crippen molar-refractivity contribution < 1.29 is 10.2 Å². The number of nitrogens with one attached hydrogen (secondary N) is 1. The molecule has 0 bridgehead atoms. The summed E-state index contributed by atoms with van der Waals surface area (Å²) < 4.78 is 0. The third kappa shape index (κ3) is 3.13. The van der Waals surface area contributed by atoms with Gasteiger partial charge in [0.2, 0.25) is 0 Å². The summed E-state index contributed by atoms with van der Waals surface area (Å²) in [5.41, 5.74) is 2.70. The second kappa shape index (κ2) is 5.78. The Labute approximate surface area is 86.9 Å². The van der Waals surface area contributed by atoms with Crippen LogP contribution >= 0.6 is 0 Å². The van der Waals surface area contributed by atoms with Crippen LogP contribution in [0.25, 0.3) is 0 Å². The van der Waals surface area contributed by atoms with E-state index < -0.39 is 0 Å². The molecule has 14 heavy (non-hydrogen) atoms. The lowest BCUT2D eigenvalue weighted by atomic mass is 10.2. The maximum absolute atomic E-state index is 2.24. The zero-order valence-corrected chi connectivity index (χ0v) is 9.51. The Morgan fingerprint density at radius 3 is 2.36 bits per heavy atom. The number of benzene rings is 1. The lowest BCUT2D eigenvalue weighted by Crippen LogP contribution is -3.03. The van der Waals surface area contributed by atoms with E-state index in [-0.39, 0.29) is 0 Å². The molecule has 1 atom stereocenters. The Morgan fingerprint density at radius 2 is 1.86 bits per heavy atom. The van der Waals surface area contributed by atoms with Gasteiger partial charge in [0, 0.05) is 24.3 Å². The van der Waals surface area contributed by atoms with Gasteiger partial charge in [-0.05, 0) is 6.42 Å². The summed E-state index contributed by atoms with van der Waals surface area (Å²) in [5.74, 6) is 0. The van der Waals surface area contributed by atoms with Crippen molar-refractivity contribution in [3.63, 3.8) is 0 Å². The zero-order chi connectivity index (χ0) is 10.4. The van der Waals surface area contributed by atoms with Crippen LogP contribution in [0.4, 0.5) is 11.4 Å². The smallest absolute Gasteiger partial charge is 0.131 e. The van der Waals surface area contributed by atoms with Crippen LogP contribution in [0.15, 0.2) is 24.3 Å². The summed E-state index contributed by atoms with van der Waals surface area (Å²) in [7, 11) is 4.31. The number of unbranched alkanes of at least 4 members (excludes halogenated alkanes) is 1. The van der Waals surface area contributed by atoms with Crippen molar-refractivity contribution >= 4 is 11.4 Å². The first-order chi connectivity index (χ1) is 6.77. The second-order valence-corrected chi connectivity index (χ2v) is 3.79. The molecular weight excluding hydrogens is 172 g/mol. The molecule has 0 aliphatic rings. The van der Waals surface area contributed by atoms with Crippen LogP contribution in [0, 0.1) is 0 Å². The topological polar surface area (TPSA) is 21.1 Å². The third-order valence-corrected chi connectivity index (χ3v) is 2.64. The lowest BCUT2D eigenvalue weighted by Gasteiger charge is -2.12. The summed E-state index contributed by atoms with van der Waals surface area (Å²) in [6, 6.07) is 8.82. The molecule has 78 valence electrons. The molecule has 0 amide bonds. The standard InChI is InChI=1S/C12H20N2/c1-4-5-10-14(3)12-8-6-11(13-2)7-9-12/h6-9,13H,4-5,10H2,1-3H3/p+2. The first kappa shape index (κ1) is 11.2. The monoisotopic (exact) mass is 194 g/mol. The van der Waals surface area contributed by atoms with E-state index in [0.29, 0.717) is 0 Å². The first-order valence-corrected chi connectivity index (χ1v) is 5.50. The van der Waals surface area contributed by atoms with Crippen LogP contribution in [0.5, 0.6) is 0 Å². The van der Waals surface area contributed by atoms with Gasteiger partial charge in [0.1, 0.15) is 11.4 Å². The Kier molecular flexibility index (Phi) is 4.63. The average molecular weight is 194 g/mol. The quantitative estimate of drug-likeness (QED) is 0.635. The number of quaternary nitrogens is 2. The van der Waals surface area contributed by atoms with Gasteiger partial charge >= 0.3 is 0 Å². The molecule has 2 nitrogen and oxygen atoms in total. The molecule has 1 unspecified atom stereocenters. The average Bonchev–Trinajstić information content (AvgIpc) is 2.26. The summed E-state index contributed by atoms with van der Waals surface area (Å²) in [5, 5.41) is 2.13. The fraction of sp³-hybridized carbons (Fsp3) is 0.500. The van der Waals surface area contributed by atoms with E-state index in [4.69, 9.17) is 0 Å². The highest BCUT2D eigenvalue weighted by Crippen LogP contribution is 2.04. The van der Waals surface area contributed by atoms with Gasteiger partial charge in [-0.3, -0.25) is 0 Å². The van der Waals surface area contributed by atoms with Gasteiger partial charge in [-0.15, -0.1) is 0 Å². The molecule has 0 heterocycles. The summed E-state index contributed by atoms with van der Waals surface area (Å²) in [6.07, 6.45) is 2.58. The molecule has 0 aromatic heterocycles. The number of rotatable bonds is 5. The highest BCUT2D eigenvalue weighted by Gasteiger charge is 2.05. The molecule has 1 aromatic rings. The molecule has 3 N–H and O–H groups in total. The first-order valence-electron chi connectivity index (χ1n) is 5.50. The fourth-order valence-corrected chi connectivity index (χ4v) is 1.55. The van der Waals surface area contributed by atoms with E-state index in [0.717, 1.165) is 0 Å². The second-order valence-electron chi connectivity index (χ2n) is 3.79. The van der Waals surface area contributed by atoms with Gasteiger partial charge in [0.05, 0.1) is 20.6 Å². The van der Waals surface area contributed by atoms with Crippen LogP contribution in [-0.4, -0.2) is 20.6 Å². The Hall–Kier alpha value is -0.860. The highest BCUT2D eigenvalue weighted by molar-refractivity contribution is 5.38. The van der Waals surface area contributed by atoms with Gasteiger partial charge in [0.15, 0.2) is 0 Å². The molecular formula is C12H22N2+2. The van der Waals surface area contributed by atoms with Gasteiger partial charge in [-0.25, -0.2) is 0 Å². The van der Waals surface area contributed by atoms with E-state index in [1.165, 1.54) is 35.7 Å². The Balaban J connectivity index is 2.57. The molecule has 1 aromatic carbocycles. The Bertz CT molecular complexity index is 254. The molecule has 0 aliphatic carbocycles. The van der Waals surface area contributed by atoms with E-state index in [1.807, 2.05) is 0 Å². The largest absolute Gasteiger partial charge is 0.316 e. The minimum atomic E-state index is 1.23. The molecule has 2 heteroatoms. The van der Waals surface area contributed by atoms with E-state index in [9.17, 15) is 0 Å². The maximum Gasteiger partial charge on any atom is 0.131 e. The molecule has 0 spiro atoms. The van der Waals surface area contributed by atoms with Gasteiger partial charge in [-0.1, -0.05) is 13.3 Å². The molecule has 1 rings (SSSR count). The minimum absolute atomic E-state index is 1.23. The lowest BCUT2D eigenvalue weighted by molar-refractivity contribution is -0.810. The third-order valence-electron chi connectivity index (χ3n) is 2.64. The Morgan fingerprint density at radius 1 is 1.21 bits per heavy atom. The van der Waals surface area contributed by atoms with Crippen LogP contribution < -0.4 is 10.2 Å². The van der Waals surface area contributed by atoms with Crippen LogP contribution in [0.2, 0.25) is 0 Å². The number of nitrogens with two attached hydrogens (primary N) is 1. The van der Waals surface area contributed by atoms with Crippen molar-refractivity contribution in [3.05, 3.63) is 24.3 Å². The number of hydrogen-bond acceptors (Lipinski definition) is 0. The SMILES string of the molecule is CCCC[NH+](C)c1ccc([NH2+]C)cc1. The van der Waals surface area contributed by atoms with Crippen molar-refractivity contribution in [2.45, 2.75) is 19.8 Å². The van der Waals surface area contributed by atoms with Crippen LogP contribution in [-0.2, 0) is 0 Å². The van der Waals surface area contributed by atoms with Crippen molar-refractivity contribution in [2.24, 2.45) is 0 Å². The van der Waals surface area contributed by atoms with E-state index in [2.05, 4.69) is 50.6 Å². The highest BCUT2D eigenvalue weighted by atomic mass is 15.1. The zero-order valence-electron chi connectivity index (χ0n) is 9.51. The van der Waals surface area contributed by atoms with Gasteiger partial charge in [0.25, 0.3) is 0 Å². The normalized spacial score (nSPS) is 12.8. The maximum atomic E-state index is 2.24. The summed E-state index contributed by atoms with van der Waals surface area (Å²) >= 11 is 0. The molecule has 0 radical (unpaired) electrons. The molecule has 0 saturated heterocycles. The van der Waals surface area contributed by atoms with E-state index >= 15 is 0 Å². The predicted molar refractivity (Wildman–Crippen MR) is 60.3 cm³/mol. The summed E-state index contributed by atoms with van der Waals surface area (Å²) in [4.78, 5) is 1.51.